The van der Waals surface area contributed by atoms with Gasteiger partial charge in [0.25, 0.3) is 0 Å². The predicted octanol–water partition coefficient (Wildman–Crippen LogP) is 5.84. The standard InChI is InChI=1S/C18H15N5O3S/c1-4-26-18(25)20-12-7-5-6-11-14(24)9-8-13(15(11)12)21-22-17-16(19-3)10(2)27-23-17/h5-9,24H,4H2,1-2H3,(H,20,25). The molecule has 0 radical (unpaired) electrons. The Labute approximate surface area is 159 Å². The number of phenols is 1. The number of nitrogens with zero attached hydrogens (tertiary/aromatic N) is 4. The Morgan fingerprint density at radius 1 is 1.37 bits per heavy atom. The smallest absolute Gasteiger partial charge is 0.411 e. The monoisotopic (exact) mass is 381 g/mol. The number of rotatable bonds is 4. The van der Waals surface area contributed by atoms with Crippen molar-refractivity contribution in [1.82, 2.24) is 4.37 Å². The summed E-state index contributed by atoms with van der Waals surface area (Å²) in [6, 6.07) is 8.15. The number of aromatic hydroxyl groups is 1. The van der Waals surface area contributed by atoms with Crippen molar-refractivity contribution in [3.8, 4) is 5.75 Å². The van der Waals surface area contributed by atoms with E-state index in [2.05, 4.69) is 24.8 Å². The zero-order valence-corrected chi connectivity index (χ0v) is 15.4. The normalized spacial score (nSPS) is 10.9. The minimum Gasteiger partial charge on any atom is -0.507 e. The Morgan fingerprint density at radius 3 is 2.93 bits per heavy atom. The topological polar surface area (TPSA) is 101 Å². The highest BCUT2D eigenvalue weighted by Crippen LogP contribution is 2.40. The Kier molecular flexibility index (Phi) is 5.28. The molecule has 3 rings (SSSR count). The van der Waals surface area contributed by atoms with Crippen LogP contribution in [-0.4, -0.2) is 22.2 Å². The SMILES string of the molecule is [C-]#[N+]c1c(N=Nc2ccc(O)c3cccc(NC(=O)OCC)c23)nsc1C. The largest absolute Gasteiger partial charge is 0.507 e. The number of nitrogens with one attached hydrogen (secondary N) is 1. The number of aromatic nitrogens is 1. The molecule has 0 unspecified atom stereocenters. The van der Waals surface area contributed by atoms with Crippen LogP contribution in [0.5, 0.6) is 5.75 Å². The molecule has 0 aliphatic carbocycles. The molecule has 2 aromatic carbocycles. The number of ether oxygens (including phenoxy) is 1. The molecular weight excluding hydrogens is 366 g/mol. The summed E-state index contributed by atoms with van der Waals surface area (Å²) in [7, 11) is 0. The van der Waals surface area contributed by atoms with E-state index in [4.69, 9.17) is 11.3 Å². The molecule has 0 fully saturated rings. The average molecular weight is 381 g/mol. The lowest BCUT2D eigenvalue weighted by Gasteiger charge is -2.11. The van der Waals surface area contributed by atoms with Gasteiger partial charge in [0.05, 0.1) is 24.6 Å². The van der Waals surface area contributed by atoms with Crippen LogP contribution in [0.4, 0.5) is 27.7 Å². The van der Waals surface area contributed by atoms with Gasteiger partial charge < -0.3 is 9.84 Å². The van der Waals surface area contributed by atoms with Crippen LogP contribution in [0.15, 0.2) is 40.6 Å². The van der Waals surface area contributed by atoms with Crippen molar-refractivity contribution in [3.63, 3.8) is 0 Å². The van der Waals surface area contributed by atoms with Crippen LogP contribution in [0.25, 0.3) is 15.6 Å². The van der Waals surface area contributed by atoms with Gasteiger partial charge in [-0.2, -0.15) is 4.37 Å². The number of anilines is 1. The number of benzene rings is 2. The first-order chi connectivity index (χ1) is 13.0. The summed E-state index contributed by atoms with van der Waals surface area (Å²) in [4.78, 5) is 16.0. The molecule has 9 heteroatoms. The molecule has 0 spiro atoms. The van der Waals surface area contributed by atoms with E-state index in [-0.39, 0.29) is 18.2 Å². The number of carbonyl (C=O) groups is 1. The van der Waals surface area contributed by atoms with Crippen LogP contribution in [-0.2, 0) is 4.74 Å². The summed E-state index contributed by atoms with van der Waals surface area (Å²) in [6.07, 6.45) is -0.610. The van der Waals surface area contributed by atoms with Gasteiger partial charge >= 0.3 is 6.09 Å². The number of hydrogen-bond acceptors (Lipinski definition) is 7. The summed E-state index contributed by atoms with van der Waals surface area (Å²) in [6.45, 7) is 11.0. The molecule has 27 heavy (non-hydrogen) atoms. The van der Waals surface area contributed by atoms with Crippen molar-refractivity contribution in [3.05, 3.63) is 46.6 Å². The fourth-order valence-electron chi connectivity index (χ4n) is 2.49. The number of hydrogen-bond donors (Lipinski definition) is 2. The Morgan fingerprint density at radius 2 is 2.19 bits per heavy atom. The number of fused-ring (bicyclic) bond motifs is 1. The van der Waals surface area contributed by atoms with Crippen molar-refractivity contribution in [2.24, 2.45) is 10.2 Å². The summed E-state index contributed by atoms with van der Waals surface area (Å²) < 4.78 is 9.04. The van der Waals surface area contributed by atoms with E-state index >= 15 is 0 Å². The molecule has 1 aromatic heterocycles. The highest BCUT2D eigenvalue weighted by Gasteiger charge is 2.14. The third-order valence-electron chi connectivity index (χ3n) is 3.69. The molecule has 0 aliphatic heterocycles. The number of carbonyl (C=O) groups excluding carboxylic acids is 1. The number of phenolic OH excluding ortho intramolecular Hbond substituents is 1. The number of azo groups is 1. The van der Waals surface area contributed by atoms with Gasteiger partial charge in [0.1, 0.15) is 5.75 Å². The first-order valence-electron chi connectivity index (χ1n) is 7.99. The van der Waals surface area contributed by atoms with Crippen molar-refractivity contribution in [2.75, 3.05) is 11.9 Å². The van der Waals surface area contributed by atoms with Crippen LogP contribution in [0.1, 0.15) is 11.8 Å². The van der Waals surface area contributed by atoms with Crippen molar-refractivity contribution >= 4 is 51.3 Å². The quantitative estimate of drug-likeness (QED) is 0.437. The van der Waals surface area contributed by atoms with Gasteiger partial charge in [-0.05, 0) is 32.0 Å². The predicted molar refractivity (Wildman–Crippen MR) is 104 cm³/mol. The average Bonchev–Trinajstić information content (AvgIpc) is 3.01. The number of aryl methyl sites for hydroxylation is 1. The van der Waals surface area contributed by atoms with Gasteiger partial charge in [0.2, 0.25) is 5.69 Å². The lowest BCUT2D eigenvalue weighted by Crippen LogP contribution is -2.13. The van der Waals surface area contributed by atoms with Gasteiger partial charge in [-0.15, -0.1) is 10.2 Å². The molecule has 0 aliphatic rings. The minimum absolute atomic E-state index is 0.0443. The summed E-state index contributed by atoms with van der Waals surface area (Å²) in [5.41, 5.74) is 1.20. The van der Waals surface area contributed by atoms with Gasteiger partial charge in [0, 0.05) is 15.6 Å². The summed E-state index contributed by atoms with van der Waals surface area (Å²) in [5, 5.41) is 22.1. The second kappa shape index (κ2) is 7.80. The summed E-state index contributed by atoms with van der Waals surface area (Å²) >= 11 is 1.18. The fourth-order valence-corrected chi connectivity index (χ4v) is 3.06. The van der Waals surface area contributed by atoms with Crippen molar-refractivity contribution < 1.29 is 14.6 Å². The number of amides is 1. The fraction of sp³-hybridized carbons (Fsp3) is 0.167. The second-order valence-corrected chi connectivity index (χ2v) is 6.38. The highest BCUT2D eigenvalue weighted by molar-refractivity contribution is 7.06. The van der Waals surface area contributed by atoms with Crippen LogP contribution in [0.3, 0.4) is 0 Å². The lowest BCUT2D eigenvalue weighted by molar-refractivity contribution is 0.168. The Balaban J connectivity index is 2.10. The first kappa shape index (κ1) is 18.3. The van der Waals surface area contributed by atoms with Crippen molar-refractivity contribution in [1.29, 1.82) is 0 Å². The van der Waals surface area contributed by atoms with E-state index in [0.29, 0.717) is 27.8 Å². The molecule has 8 nitrogen and oxygen atoms in total. The van der Waals surface area contributed by atoms with Gasteiger partial charge in [0.15, 0.2) is 5.82 Å². The van der Waals surface area contributed by atoms with E-state index in [9.17, 15) is 9.90 Å². The molecule has 0 atom stereocenters. The molecule has 0 saturated carbocycles. The van der Waals surface area contributed by atoms with Crippen LogP contribution in [0, 0.1) is 13.5 Å². The van der Waals surface area contributed by atoms with Gasteiger partial charge in [-0.25, -0.2) is 9.64 Å². The Bertz CT molecular complexity index is 1080. The van der Waals surface area contributed by atoms with Gasteiger partial charge in [-0.3, -0.25) is 5.32 Å². The van der Waals surface area contributed by atoms with E-state index in [1.165, 1.54) is 17.6 Å². The highest BCUT2D eigenvalue weighted by atomic mass is 32.1. The molecule has 0 saturated heterocycles. The molecule has 1 heterocycles. The first-order valence-corrected chi connectivity index (χ1v) is 8.76. The minimum atomic E-state index is -0.610. The molecule has 3 aromatic rings. The van der Waals surface area contributed by atoms with E-state index in [0.717, 1.165) is 4.88 Å². The molecular formula is C18H15N5O3S. The summed E-state index contributed by atoms with van der Waals surface area (Å²) in [5.74, 6) is 0.285. The molecule has 0 bridgehead atoms. The molecule has 1 amide bonds. The maximum atomic E-state index is 11.8. The lowest BCUT2D eigenvalue weighted by atomic mass is 10.1. The Hall–Kier alpha value is -3.51. The maximum Gasteiger partial charge on any atom is 0.411 e. The van der Waals surface area contributed by atoms with Gasteiger partial charge in [-0.1, -0.05) is 23.7 Å². The third-order valence-corrected chi connectivity index (χ3v) is 4.42. The zero-order valence-electron chi connectivity index (χ0n) is 14.6. The van der Waals surface area contributed by atoms with E-state index in [1.807, 2.05) is 0 Å². The van der Waals surface area contributed by atoms with Crippen molar-refractivity contribution in [2.45, 2.75) is 13.8 Å². The van der Waals surface area contributed by atoms with E-state index in [1.54, 1.807) is 38.1 Å². The zero-order chi connectivity index (χ0) is 19.4. The van der Waals surface area contributed by atoms with Crippen LogP contribution in [0.2, 0.25) is 0 Å². The van der Waals surface area contributed by atoms with Crippen LogP contribution < -0.4 is 5.32 Å². The van der Waals surface area contributed by atoms with E-state index < -0.39 is 6.09 Å². The molecule has 2 N–H and O–H groups in total. The molecule has 136 valence electrons. The third kappa shape index (κ3) is 3.70. The van der Waals surface area contributed by atoms with Crippen LogP contribution >= 0.6 is 11.5 Å². The maximum absolute atomic E-state index is 11.8. The second-order valence-electron chi connectivity index (χ2n) is 5.40.